The van der Waals surface area contributed by atoms with E-state index in [1.807, 2.05) is 18.2 Å². The smallest absolute Gasteiger partial charge is 0.163 e. The van der Waals surface area contributed by atoms with Crippen LogP contribution in [0.1, 0.15) is 23.7 Å². The lowest BCUT2D eigenvalue weighted by Gasteiger charge is -2.33. The number of methoxy groups -OCH3 is 1. The number of aliphatic hydroxyl groups is 2. The van der Waals surface area contributed by atoms with Gasteiger partial charge in [0.15, 0.2) is 35.2 Å². The highest BCUT2D eigenvalue weighted by Gasteiger charge is 2.33. The molecule has 0 radical (unpaired) electrons. The molecule has 2 atom stereocenters. The molecule has 3 N–H and O–H groups in total. The summed E-state index contributed by atoms with van der Waals surface area (Å²) in [5.74, 6) is 1.54. The molecule has 2 aromatic carbocycles. The van der Waals surface area contributed by atoms with Crippen LogP contribution in [0, 0.1) is 0 Å². The van der Waals surface area contributed by atoms with Gasteiger partial charge in [0.25, 0.3) is 0 Å². The fourth-order valence-corrected chi connectivity index (χ4v) is 2.91. The third-order valence-electron chi connectivity index (χ3n) is 4.21. The lowest BCUT2D eigenvalue weighted by atomic mass is 10.0. The number of hydrogen-bond donors (Lipinski definition) is 3. The van der Waals surface area contributed by atoms with Gasteiger partial charge in [0.05, 0.1) is 13.7 Å². The maximum absolute atomic E-state index is 9.77. The molecule has 134 valence electrons. The molecule has 1 heterocycles. The van der Waals surface area contributed by atoms with Gasteiger partial charge in [-0.2, -0.15) is 0 Å². The van der Waals surface area contributed by atoms with Crippen LogP contribution in [0.3, 0.4) is 0 Å². The summed E-state index contributed by atoms with van der Waals surface area (Å²) in [6, 6.07) is 10.6. The van der Waals surface area contributed by atoms with E-state index in [-0.39, 0.29) is 19.0 Å². The zero-order chi connectivity index (χ0) is 17.8. The summed E-state index contributed by atoms with van der Waals surface area (Å²) in [6.07, 6.45) is 0.330. The Bertz CT molecular complexity index is 730. The first-order chi connectivity index (χ1) is 12.2. The van der Waals surface area contributed by atoms with E-state index < -0.39 is 12.2 Å². The van der Waals surface area contributed by atoms with Gasteiger partial charge in [-0.05, 0) is 42.7 Å². The van der Waals surface area contributed by atoms with E-state index in [4.69, 9.17) is 19.3 Å². The number of rotatable bonds is 6. The standard InChI is InChI=1S/C19H22O6/c1-23-16-10-13(5-6-14(16)22)19-18(11-21)24-15-7-4-12(3-2-8-20)9-17(15)25-19/h4-7,9-10,18-22H,2-3,8,11H2,1H3/t18-,19+/m0/s1. The largest absolute Gasteiger partial charge is 0.504 e. The highest BCUT2D eigenvalue weighted by molar-refractivity contribution is 5.47. The Kier molecular flexibility index (Phi) is 5.31. The normalized spacial score (nSPS) is 18.8. The predicted molar refractivity (Wildman–Crippen MR) is 91.4 cm³/mol. The maximum atomic E-state index is 9.77. The molecule has 0 aromatic heterocycles. The Morgan fingerprint density at radius 1 is 1.04 bits per heavy atom. The predicted octanol–water partition coefficient (Wildman–Crippen LogP) is 2.20. The summed E-state index contributed by atoms with van der Waals surface area (Å²) < 4.78 is 17.1. The zero-order valence-corrected chi connectivity index (χ0v) is 14.0. The molecule has 6 nitrogen and oxygen atoms in total. The molecular formula is C19H22O6. The molecule has 25 heavy (non-hydrogen) atoms. The summed E-state index contributed by atoms with van der Waals surface area (Å²) in [7, 11) is 1.48. The molecule has 1 aliphatic heterocycles. The molecule has 0 spiro atoms. The summed E-state index contributed by atoms with van der Waals surface area (Å²) in [6.45, 7) is -0.0729. The Morgan fingerprint density at radius 2 is 1.88 bits per heavy atom. The van der Waals surface area contributed by atoms with Crippen molar-refractivity contribution < 1.29 is 29.5 Å². The van der Waals surface area contributed by atoms with Crippen molar-refractivity contribution in [3.63, 3.8) is 0 Å². The highest BCUT2D eigenvalue weighted by Crippen LogP contribution is 2.41. The van der Waals surface area contributed by atoms with Gasteiger partial charge < -0.3 is 29.5 Å². The van der Waals surface area contributed by atoms with Crippen LogP contribution in [0.25, 0.3) is 0 Å². The molecule has 0 amide bonds. The first-order valence-corrected chi connectivity index (χ1v) is 8.21. The maximum Gasteiger partial charge on any atom is 0.163 e. The number of aliphatic hydroxyl groups excluding tert-OH is 2. The molecule has 0 aliphatic carbocycles. The molecule has 0 saturated carbocycles. The van der Waals surface area contributed by atoms with Crippen molar-refractivity contribution in [2.24, 2.45) is 0 Å². The SMILES string of the molecule is COc1cc([C@H]2Oc3cc(CCCO)ccc3O[C@H]2CO)ccc1O. The van der Waals surface area contributed by atoms with Gasteiger partial charge in [0.2, 0.25) is 0 Å². The second kappa shape index (κ2) is 7.63. The molecular weight excluding hydrogens is 324 g/mol. The molecule has 0 bridgehead atoms. The second-order valence-corrected chi connectivity index (χ2v) is 5.92. The number of phenols is 1. The van der Waals surface area contributed by atoms with E-state index in [9.17, 15) is 10.2 Å². The van der Waals surface area contributed by atoms with E-state index >= 15 is 0 Å². The van der Waals surface area contributed by atoms with Crippen LogP contribution < -0.4 is 14.2 Å². The fraction of sp³-hybridized carbons (Fsp3) is 0.368. The minimum absolute atomic E-state index is 0.0372. The van der Waals surface area contributed by atoms with E-state index in [2.05, 4.69) is 0 Å². The quantitative estimate of drug-likeness (QED) is 0.743. The summed E-state index contributed by atoms with van der Waals surface area (Å²) in [5, 5.41) is 28.4. The number of phenolic OH excluding ortho intramolecular Hbond substituents is 1. The number of aryl methyl sites for hydroxylation is 1. The molecule has 2 aromatic rings. The van der Waals surface area contributed by atoms with Crippen molar-refractivity contribution in [3.8, 4) is 23.0 Å². The monoisotopic (exact) mass is 346 g/mol. The summed E-state index contributed by atoms with van der Waals surface area (Å²) in [5.41, 5.74) is 1.78. The summed E-state index contributed by atoms with van der Waals surface area (Å²) >= 11 is 0. The number of hydrogen-bond acceptors (Lipinski definition) is 6. The molecule has 3 rings (SSSR count). The molecule has 0 fully saturated rings. The van der Waals surface area contributed by atoms with Crippen molar-refractivity contribution in [1.29, 1.82) is 0 Å². The van der Waals surface area contributed by atoms with Gasteiger partial charge in [-0.25, -0.2) is 0 Å². The van der Waals surface area contributed by atoms with Crippen LogP contribution in [-0.2, 0) is 6.42 Å². The average molecular weight is 346 g/mol. The third kappa shape index (κ3) is 3.65. The van der Waals surface area contributed by atoms with Crippen LogP contribution in [0.2, 0.25) is 0 Å². The first kappa shape index (κ1) is 17.4. The molecule has 1 aliphatic rings. The Balaban J connectivity index is 1.90. The van der Waals surface area contributed by atoms with Crippen LogP contribution in [0.15, 0.2) is 36.4 Å². The fourth-order valence-electron chi connectivity index (χ4n) is 2.91. The van der Waals surface area contributed by atoms with Gasteiger partial charge in [0, 0.05) is 12.2 Å². The van der Waals surface area contributed by atoms with Crippen molar-refractivity contribution in [2.75, 3.05) is 20.3 Å². The number of aromatic hydroxyl groups is 1. The Morgan fingerprint density at radius 3 is 2.60 bits per heavy atom. The van der Waals surface area contributed by atoms with Crippen LogP contribution in [-0.4, -0.2) is 41.7 Å². The molecule has 0 unspecified atom stereocenters. The van der Waals surface area contributed by atoms with Gasteiger partial charge >= 0.3 is 0 Å². The topological polar surface area (TPSA) is 88.4 Å². The van der Waals surface area contributed by atoms with Crippen LogP contribution in [0.4, 0.5) is 0 Å². The third-order valence-corrected chi connectivity index (χ3v) is 4.21. The number of ether oxygens (including phenoxy) is 3. The zero-order valence-electron chi connectivity index (χ0n) is 14.0. The van der Waals surface area contributed by atoms with Crippen LogP contribution in [0.5, 0.6) is 23.0 Å². The van der Waals surface area contributed by atoms with Crippen LogP contribution >= 0.6 is 0 Å². The Labute approximate surface area is 146 Å². The number of fused-ring (bicyclic) bond motifs is 1. The van der Waals surface area contributed by atoms with Gasteiger partial charge in [-0.15, -0.1) is 0 Å². The van der Waals surface area contributed by atoms with E-state index in [0.717, 1.165) is 17.5 Å². The van der Waals surface area contributed by atoms with Gasteiger partial charge in [0.1, 0.15) is 0 Å². The van der Waals surface area contributed by atoms with E-state index in [1.165, 1.54) is 13.2 Å². The lowest BCUT2D eigenvalue weighted by molar-refractivity contribution is -0.0124. The summed E-state index contributed by atoms with van der Waals surface area (Å²) in [4.78, 5) is 0. The van der Waals surface area contributed by atoms with Gasteiger partial charge in [-0.3, -0.25) is 0 Å². The minimum atomic E-state index is -0.565. The first-order valence-electron chi connectivity index (χ1n) is 8.21. The molecule has 0 saturated heterocycles. The average Bonchev–Trinajstić information content (AvgIpc) is 2.65. The minimum Gasteiger partial charge on any atom is -0.504 e. The van der Waals surface area contributed by atoms with Crippen molar-refractivity contribution in [1.82, 2.24) is 0 Å². The molecule has 6 heteroatoms. The van der Waals surface area contributed by atoms with Crippen molar-refractivity contribution in [2.45, 2.75) is 25.0 Å². The van der Waals surface area contributed by atoms with E-state index in [1.54, 1.807) is 12.1 Å². The number of benzene rings is 2. The van der Waals surface area contributed by atoms with E-state index in [0.29, 0.717) is 23.7 Å². The van der Waals surface area contributed by atoms with Crippen molar-refractivity contribution >= 4 is 0 Å². The van der Waals surface area contributed by atoms with Crippen molar-refractivity contribution in [3.05, 3.63) is 47.5 Å². The van der Waals surface area contributed by atoms with Gasteiger partial charge in [-0.1, -0.05) is 12.1 Å². The second-order valence-electron chi connectivity index (χ2n) is 5.92. The highest BCUT2D eigenvalue weighted by atomic mass is 16.6. The Hall–Kier alpha value is -2.44. The lowest BCUT2D eigenvalue weighted by Crippen LogP contribution is -2.36.